The van der Waals surface area contributed by atoms with Crippen molar-refractivity contribution in [1.29, 1.82) is 0 Å². The van der Waals surface area contributed by atoms with Crippen LogP contribution in [0.3, 0.4) is 0 Å². The van der Waals surface area contributed by atoms with Gasteiger partial charge in [-0.05, 0) is 30.3 Å². The highest BCUT2D eigenvalue weighted by Gasteiger charge is 2.16. The van der Waals surface area contributed by atoms with E-state index in [9.17, 15) is 4.79 Å². The largest absolute Gasteiger partial charge is 0.454 e. The molecule has 0 aliphatic carbocycles. The molecule has 1 aliphatic rings. The van der Waals surface area contributed by atoms with Crippen molar-refractivity contribution in [3.63, 3.8) is 0 Å². The summed E-state index contributed by atoms with van der Waals surface area (Å²) in [5.41, 5.74) is 6.71. The highest BCUT2D eigenvalue weighted by atomic mass is 16.7. The number of fused-ring (bicyclic) bond motifs is 1. The molecule has 0 saturated carbocycles. The first-order valence-electron chi connectivity index (χ1n) is 6.13. The summed E-state index contributed by atoms with van der Waals surface area (Å²) in [4.78, 5) is 16.4. The van der Waals surface area contributed by atoms with Crippen LogP contribution in [0, 0.1) is 0 Å². The maximum Gasteiger partial charge on any atom is 0.256 e. The van der Waals surface area contributed by atoms with Crippen molar-refractivity contribution in [1.82, 2.24) is 4.98 Å². The molecule has 6 nitrogen and oxygen atoms in total. The molecule has 1 amide bonds. The number of amides is 1. The Kier molecular flexibility index (Phi) is 3.22. The number of benzene rings is 1. The Balaban J connectivity index is 1.79. The molecule has 2 heterocycles. The van der Waals surface area contributed by atoms with E-state index >= 15 is 0 Å². The van der Waals surface area contributed by atoms with Crippen molar-refractivity contribution in [2.45, 2.75) is 6.54 Å². The molecule has 6 heteroatoms. The van der Waals surface area contributed by atoms with Crippen LogP contribution < -0.4 is 20.5 Å². The Labute approximate surface area is 115 Å². The maximum atomic E-state index is 12.1. The Morgan fingerprint density at radius 1 is 1.25 bits per heavy atom. The molecule has 0 fully saturated rings. The average molecular weight is 271 g/mol. The standard InChI is InChI=1S/C14H13N3O3/c15-7-10-2-1-3-13(16-10)17-14(18)9-4-5-11-12(6-9)20-8-19-11/h1-6H,7-8,15H2,(H,16,17,18). The van der Waals surface area contributed by atoms with Gasteiger partial charge >= 0.3 is 0 Å². The molecule has 0 radical (unpaired) electrons. The Bertz CT molecular complexity index is 658. The van der Waals surface area contributed by atoms with Gasteiger partial charge in [-0.2, -0.15) is 0 Å². The highest BCUT2D eigenvalue weighted by molar-refractivity contribution is 6.04. The van der Waals surface area contributed by atoms with Gasteiger partial charge < -0.3 is 20.5 Å². The van der Waals surface area contributed by atoms with Crippen LogP contribution in [0.5, 0.6) is 11.5 Å². The van der Waals surface area contributed by atoms with Crippen molar-refractivity contribution in [2.75, 3.05) is 12.1 Å². The van der Waals surface area contributed by atoms with Crippen LogP contribution in [-0.2, 0) is 6.54 Å². The number of nitrogens with two attached hydrogens (primary N) is 1. The van der Waals surface area contributed by atoms with E-state index in [1.54, 1.807) is 36.4 Å². The summed E-state index contributed by atoms with van der Waals surface area (Å²) < 4.78 is 10.4. The summed E-state index contributed by atoms with van der Waals surface area (Å²) in [6, 6.07) is 10.3. The zero-order valence-corrected chi connectivity index (χ0v) is 10.6. The van der Waals surface area contributed by atoms with Gasteiger partial charge in [0.1, 0.15) is 5.82 Å². The average Bonchev–Trinajstić information content (AvgIpc) is 2.94. The van der Waals surface area contributed by atoms with Gasteiger partial charge in [-0.1, -0.05) is 6.07 Å². The van der Waals surface area contributed by atoms with E-state index in [4.69, 9.17) is 15.2 Å². The first kappa shape index (κ1) is 12.4. The van der Waals surface area contributed by atoms with Gasteiger partial charge in [0.25, 0.3) is 5.91 Å². The third kappa shape index (κ3) is 2.41. The molecule has 1 aromatic heterocycles. The zero-order chi connectivity index (χ0) is 13.9. The second-order valence-electron chi connectivity index (χ2n) is 4.24. The normalized spacial score (nSPS) is 12.2. The molecule has 2 aromatic rings. The number of carbonyl (C=O) groups excluding carboxylic acids is 1. The number of aromatic nitrogens is 1. The van der Waals surface area contributed by atoms with Gasteiger partial charge in [0.2, 0.25) is 6.79 Å². The molecule has 1 aromatic carbocycles. The van der Waals surface area contributed by atoms with E-state index < -0.39 is 0 Å². The molecule has 0 saturated heterocycles. The third-order valence-corrected chi connectivity index (χ3v) is 2.89. The highest BCUT2D eigenvalue weighted by Crippen LogP contribution is 2.32. The lowest BCUT2D eigenvalue weighted by Gasteiger charge is -2.06. The summed E-state index contributed by atoms with van der Waals surface area (Å²) in [6.45, 7) is 0.508. The van der Waals surface area contributed by atoms with Crippen molar-refractivity contribution in [3.05, 3.63) is 47.7 Å². The minimum absolute atomic E-state index is 0.181. The number of nitrogens with zero attached hydrogens (tertiary/aromatic N) is 1. The van der Waals surface area contributed by atoms with Crippen LogP contribution in [0.15, 0.2) is 36.4 Å². The van der Waals surface area contributed by atoms with Crippen molar-refractivity contribution in [3.8, 4) is 11.5 Å². The van der Waals surface area contributed by atoms with Crippen molar-refractivity contribution in [2.24, 2.45) is 5.73 Å². The number of ether oxygens (including phenoxy) is 2. The number of pyridine rings is 1. The predicted molar refractivity (Wildman–Crippen MR) is 72.6 cm³/mol. The molecule has 0 spiro atoms. The van der Waals surface area contributed by atoms with Gasteiger partial charge in [-0.25, -0.2) is 4.98 Å². The number of rotatable bonds is 3. The van der Waals surface area contributed by atoms with E-state index in [1.165, 1.54) is 0 Å². The van der Waals surface area contributed by atoms with Crippen LogP contribution in [0.2, 0.25) is 0 Å². The minimum Gasteiger partial charge on any atom is -0.454 e. The van der Waals surface area contributed by atoms with Gasteiger partial charge in [0, 0.05) is 12.1 Å². The number of nitrogens with one attached hydrogen (secondary N) is 1. The van der Waals surface area contributed by atoms with Crippen LogP contribution in [0.25, 0.3) is 0 Å². The number of hydrogen-bond acceptors (Lipinski definition) is 5. The van der Waals surface area contributed by atoms with E-state index in [2.05, 4.69) is 10.3 Å². The Morgan fingerprint density at radius 2 is 2.10 bits per heavy atom. The smallest absolute Gasteiger partial charge is 0.256 e. The molecule has 1 aliphatic heterocycles. The van der Waals surface area contributed by atoms with Crippen LogP contribution in [0.4, 0.5) is 5.82 Å². The van der Waals surface area contributed by atoms with Gasteiger partial charge in [0.05, 0.1) is 5.69 Å². The molecular formula is C14H13N3O3. The minimum atomic E-state index is -0.259. The number of anilines is 1. The topological polar surface area (TPSA) is 86.5 Å². The monoisotopic (exact) mass is 271 g/mol. The van der Waals surface area contributed by atoms with Gasteiger partial charge in [0.15, 0.2) is 11.5 Å². The fourth-order valence-corrected chi connectivity index (χ4v) is 1.89. The number of carbonyl (C=O) groups is 1. The summed E-state index contributed by atoms with van der Waals surface area (Å²) in [5, 5.41) is 2.72. The van der Waals surface area contributed by atoms with Crippen LogP contribution in [0.1, 0.15) is 16.1 Å². The molecule has 102 valence electrons. The molecule has 0 atom stereocenters. The first-order valence-corrected chi connectivity index (χ1v) is 6.13. The van der Waals surface area contributed by atoms with Crippen molar-refractivity contribution >= 4 is 11.7 Å². The van der Waals surface area contributed by atoms with Crippen LogP contribution >= 0.6 is 0 Å². The molecule has 0 unspecified atom stereocenters. The molecule has 20 heavy (non-hydrogen) atoms. The van der Waals surface area contributed by atoms with E-state index in [-0.39, 0.29) is 12.7 Å². The molecule has 3 N–H and O–H groups in total. The second-order valence-corrected chi connectivity index (χ2v) is 4.24. The van der Waals surface area contributed by atoms with Crippen molar-refractivity contribution < 1.29 is 14.3 Å². The lowest BCUT2D eigenvalue weighted by molar-refractivity contribution is 0.102. The van der Waals surface area contributed by atoms with E-state index in [0.29, 0.717) is 35.1 Å². The summed E-state index contributed by atoms with van der Waals surface area (Å²) >= 11 is 0. The summed E-state index contributed by atoms with van der Waals surface area (Å²) in [7, 11) is 0. The predicted octanol–water partition coefficient (Wildman–Crippen LogP) is 1.52. The summed E-state index contributed by atoms with van der Waals surface area (Å²) in [6.07, 6.45) is 0. The second kappa shape index (κ2) is 5.18. The Hall–Kier alpha value is -2.60. The van der Waals surface area contributed by atoms with E-state index in [0.717, 1.165) is 0 Å². The first-order chi connectivity index (χ1) is 9.76. The fraction of sp³-hybridized carbons (Fsp3) is 0.143. The molecule has 3 rings (SSSR count). The summed E-state index contributed by atoms with van der Waals surface area (Å²) in [5.74, 6) is 1.42. The molecular weight excluding hydrogens is 258 g/mol. The Morgan fingerprint density at radius 3 is 2.95 bits per heavy atom. The van der Waals surface area contributed by atoms with Crippen LogP contribution in [-0.4, -0.2) is 17.7 Å². The molecule has 0 bridgehead atoms. The maximum absolute atomic E-state index is 12.1. The SMILES string of the molecule is NCc1cccc(NC(=O)c2ccc3c(c2)OCO3)n1. The zero-order valence-electron chi connectivity index (χ0n) is 10.6. The third-order valence-electron chi connectivity index (χ3n) is 2.89. The van der Waals surface area contributed by atoms with E-state index in [1.807, 2.05) is 0 Å². The quantitative estimate of drug-likeness (QED) is 0.883. The number of hydrogen-bond donors (Lipinski definition) is 2. The van der Waals surface area contributed by atoms with Gasteiger partial charge in [-0.15, -0.1) is 0 Å². The lowest BCUT2D eigenvalue weighted by Crippen LogP contribution is -2.13. The fourth-order valence-electron chi connectivity index (χ4n) is 1.89. The lowest BCUT2D eigenvalue weighted by atomic mass is 10.2. The van der Waals surface area contributed by atoms with Gasteiger partial charge in [-0.3, -0.25) is 4.79 Å².